The molecule has 4 unspecified atom stereocenters. The summed E-state index contributed by atoms with van der Waals surface area (Å²) >= 11 is 0. The zero-order valence-corrected chi connectivity index (χ0v) is 11.7. The predicted molar refractivity (Wildman–Crippen MR) is 75.6 cm³/mol. The first-order valence-electron chi connectivity index (χ1n) is 7.48. The summed E-state index contributed by atoms with van der Waals surface area (Å²) in [5.74, 6) is 0.239. The van der Waals surface area contributed by atoms with Gasteiger partial charge in [0.25, 0.3) is 0 Å². The van der Waals surface area contributed by atoms with Gasteiger partial charge in [-0.15, -0.1) is 0 Å². The van der Waals surface area contributed by atoms with Crippen LogP contribution < -0.4 is 0 Å². The third-order valence-electron chi connectivity index (χ3n) is 6.02. The van der Waals surface area contributed by atoms with Crippen molar-refractivity contribution in [3.8, 4) is 0 Å². The van der Waals surface area contributed by atoms with Gasteiger partial charge in [0.2, 0.25) is 11.6 Å². The highest BCUT2D eigenvalue weighted by molar-refractivity contribution is 6.27. The van der Waals surface area contributed by atoms with Crippen molar-refractivity contribution in [2.75, 3.05) is 0 Å². The maximum absolute atomic E-state index is 12.3. The molecule has 6 nitrogen and oxygen atoms in total. The summed E-state index contributed by atoms with van der Waals surface area (Å²) in [5, 5.41) is 0. The van der Waals surface area contributed by atoms with Gasteiger partial charge in [0.05, 0.1) is 0 Å². The lowest BCUT2D eigenvalue weighted by Crippen LogP contribution is -2.29. The number of carbonyl (C=O) groups excluding carboxylic acids is 2. The Morgan fingerprint density at radius 1 is 0.727 bits per heavy atom. The van der Waals surface area contributed by atoms with Crippen molar-refractivity contribution in [1.82, 2.24) is 0 Å². The average Bonchev–Trinajstić information content (AvgIpc) is 3.17. The molecule has 4 aliphatic rings. The van der Waals surface area contributed by atoms with Crippen molar-refractivity contribution < 1.29 is 19.2 Å². The van der Waals surface area contributed by atoms with Crippen LogP contribution in [0.3, 0.4) is 0 Å². The molecule has 4 aliphatic carbocycles. The second-order valence-corrected chi connectivity index (χ2v) is 6.58. The topological polar surface area (TPSA) is 107 Å². The van der Waals surface area contributed by atoms with E-state index in [0.717, 1.165) is 12.4 Å². The molecule has 2 saturated carbocycles. The van der Waals surface area contributed by atoms with Crippen LogP contribution in [0.1, 0.15) is 0 Å². The Labute approximate surface area is 126 Å². The Kier molecular flexibility index (Phi) is 2.73. The normalized spacial score (nSPS) is 45.3. The van der Waals surface area contributed by atoms with Crippen LogP contribution in [0.4, 0.5) is 0 Å². The van der Waals surface area contributed by atoms with Crippen molar-refractivity contribution in [1.29, 1.82) is 0 Å². The molecule has 0 N–H and O–H groups in total. The molecule has 0 saturated heterocycles. The molecule has 0 aromatic heterocycles. The van der Waals surface area contributed by atoms with E-state index in [1.54, 1.807) is 0 Å². The minimum atomic E-state index is -0.198. The molecule has 0 spiro atoms. The molecule has 0 aromatic carbocycles. The number of hydrogen-bond acceptors (Lipinski definition) is 2. The summed E-state index contributed by atoms with van der Waals surface area (Å²) in [6, 6.07) is 0. The van der Waals surface area contributed by atoms with Crippen molar-refractivity contribution >= 4 is 24.0 Å². The minimum Gasteiger partial charge on any atom is -0.361 e. The zero-order chi connectivity index (χ0) is 15.4. The Hall–Kier alpha value is -2.42. The van der Waals surface area contributed by atoms with Crippen LogP contribution in [0.25, 0.3) is 11.1 Å². The fourth-order valence-corrected chi connectivity index (χ4v) is 5.56. The summed E-state index contributed by atoms with van der Waals surface area (Å²) in [7, 11) is 0. The number of hydrogen-bond donors (Lipinski definition) is 0. The number of nitrogens with zero attached hydrogens (tertiary/aromatic N) is 4. The molecule has 0 heterocycles. The van der Waals surface area contributed by atoms with E-state index in [1.165, 1.54) is 0 Å². The molecule has 0 aliphatic heterocycles. The molecule has 0 amide bonds. The first-order valence-corrected chi connectivity index (χ1v) is 7.48. The van der Waals surface area contributed by atoms with Crippen LogP contribution in [0.15, 0.2) is 24.3 Å². The van der Waals surface area contributed by atoms with E-state index in [0.29, 0.717) is 0 Å². The second kappa shape index (κ2) is 4.54. The van der Waals surface area contributed by atoms with Crippen LogP contribution in [0, 0.1) is 47.3 Å². The molecule has 22 heavy (non-hydrogen) atoms. The highest BCUT2D eigenvalue weighted by Gasteiger charge is 2.66. The molecule has 4 rings (SSSR count). The molecular weight excluding hydrogens is 280 g/mol. The van der Waals surface area contributed by atoms with Gasteiger partial charge in [-0.1, -0.05) is 24.3 Å². The van der Waals surface area contributed by atoms with Gasteiger partial charge >= 0.3 is 12.4 Å². The van der Waals surface area contributed by atoms with Crippen LogP contribution in [-0.2, 0) is 9.59 Å². The number of allylic oxidation sites excluding steroid dienone is 4. The van der Waals surface area contributed by atoms with E-state index in [2.05, 4.69) is 9.58 Å². The molecule has 2 fully saturated rings. The summed E-state index contributed by atoms with van der Waals surface area (Å²) < 4.78 is 0. The van der Waals surface area contributed by atoms with E-state index in [-0.39, 0.29) is 58.9 Å². The molecule has 0 aromatic rings. The van der Waals surface area contributed by atoms with Crippen LogP contribution in [0.5, 0.6) is 0 Å². The molecule has 8 atom stereocenters. The summed E-state index contributed by atoms with van der Waals surface area (Å²) in [6.07, 6.45) is 10.2. The van der Waals surface area contributed by atoms with E-state index < -0.39 is 0 Å². The van der Waals surface area contributed by atoms with Gasteiger partial charge in [-0.2, -0.15) is 9.58 Å². The summed E-state index contributed by atoms with van der Waals surface area (Å²) in [5.41, 5.74) is 17.3. The number of Topliss-reactive ketones (excluding diaryl/α,β-unsaturated/α-hetero) is 2. The van der Waals surface area contributed by atoms with E-state index in [9.17, 15) is 9.59 Å². The molecule has 110 valence electrons. The molecule has 0 bridgehead atoms. The summed E-state index contributed by atoms with van der Waals surface area (Å²) in [6.45, 7) is 0. The number of carbonyl (C=O) groups is 2. The SMILES string of the molecule is [N-]=[N+]=CC(=O)C1[C@H]2C=C[C@@H]3C(C(=O)C=[N+]=[N-])[C@@H]4C=C[C@H]1C4C23. The van der Waals surface area contributed by atoms with Crippen LogP contribution in [0.2, 0.25) is 0 Å². The highest BCUT2D eigenvalue weighted by Crippen LogP contribution is 2.67. The maximum Gasteiger partial charge on any atom is 0.323 e. The van der Waals surface area contributed by atoms with Gasteiger partial charge in [-0.05, 0) is 35.5 Å². The Morgan fingerprint density at radius 3 is 1.32 bits per heavy atom. The fraction of sp³-hybridized carbons (Fsp3) is 0.500. The maximum atomic E-state index is 12.3. The van der Waals surface area contributed by atoms with Crippen molar-refractivity contribution in [2.45, 2.75) is 0 Å². The van der Waals surface area contributed by atoms with Gasteiger partial charge < -0.3 is 11.1 Å². The quantitative estimate of drug-likeness (QED) is 0.331. The third kappa shape index (κ3) is 1.46. The fourth-order valence-electron chi connectivity index (χ4n) is 5.56. The van der Waals surface area contributed by atoms with Gasteiger partial charge in [0.1, 0.15) is 0 Å². The zero-order valence-electron chi connectivity index (χ0n) is 11.7. The highest BCUT2D eigenvalue weighted by atomic mass is 16.1. The van der Waals surface area contributed by atoms with Gasteiger partial charge in [-0.3, -0.25) is 9.59 Å². The number of rotatable bonds is 4. The van der Waals surface area contributed by atoms with Gasteiger partial charge in [0.15, 0.2) is 0 Å². The molecule has 6 heteroatoms. The van der Waals surface area contributed by atoms with Gasteiger partial charge in [-0.25, -0.2) is 0 Å². The van der Waals surface area contributed by atoms with Crippen LogP contribution >= 0.6 is 0 Å². The van der Waals surface area contributed by atoms with Crippen molar-refractivity contribution in [3.63, 3.8) is 0 Å². The average molecular weight is 294 g/mol. The Morgan fingerprint density at radius 2 is 1.05 bits per heavy atom. The van der Waals surface area contributed by atoms with Crippen molar-refractivity contribution in [3.05, 3.63) is 35.4 Å². The minimum absolute atomic E-state index is 0.0989. The lowest BCUT2D eigenvalue weighted by molar-refractivity contribution is -0.121. The molecule has 0 radical (unpaired) electrons. The van der Waals surface area contributed by atoms with E-state index in [1.807, 2.05) is 24.3 Å². The molecular formula is C16H14N4O2. The van der Waals surface area contributed by atoms with Crippen LogP contribution in [-0.4, -0.2) is 33.6 Å². The van der Waals surface area contributed by atoms with E-state index in [4.69, 9.17) is 11.1 Å². The lowest BCUT2D eigenvalue weighted by atomic mass is 9.80. The second-order valence-electron chi connectivity index (χ2n) is 6.58. The smallest absolute Gasteiger partial charge is 0.323 e. The Bertz CT molecular complexity index is 636. The third-order valence-corrected chi connectivity index (χ3v) is 6.02. The predicted octanol–water partition coefficient (Wildman–Crippen LogP) is 0.822. The van der Waals surface area contributed by atoms with E-state index >= 15 is 0 Å². The monoisotopic (exact) mass is 294 g/mol. The number of ketones is 2. The van der Waals surface area contributed by atoms with Gasteiger partial charge in [0, 0.05) is 11.8 Å². The van der Waals surface area contributed by atoms with Crippen molar-refractivity contribution in [2.24, 2.45) is 47.3 Å². The first kappa shape index (κ1) is 13.3. The summed E-state index contributed by atoms with van der Waals surface area (Å²) in [4.78, 5) is 30.3. The lowest BCUT2D eigenvalue weighted by Gasteiger charge is -2.20. The standard InChI is InChI=1S/C16H14N4O2/c17-19-5-11(21)13-7-1-2-8-14(12(22)6-20-18)10-4-3-9(13)16(10)15(7)8/h1-10,13-16H/t7-,8-,9-,10+,13?,14?,15?,16?/m1/s1. The Balaban J connectivity index is 1.74. The largest absolute Gasteiger partial charge is 0.361 e. The first-order chi connectivity index (χ1) is 10.7.